The van der Waals surface area contributed by atoms with Crippen molar-refractivity contribution in [3.63, 3.8) is 0 Å². The first-order chi connectivity index (χ1) is 8.56. The molecule has 0 aromatic heterocycles. The highest BCUT2D eigenvalue weighted by Crippen LogP contribution is 2.32. The van der Waals surface area contributed by atoms with Crippen LogP contribution >= 0.6 is 0 Å². The Balaban J connectivity index is 2.29. The molecule has 1 amide bonds. The summed E-state index contributed by atoms with van der Waals surface area (Å²) in [5.74, 6) is -0.836. The van der Waals surface area contributed by atoms with E-state index in [0.29, 0.717) is 6.54 Å². The molecule has 0 saturated carbocycles. The largest absolute Gasteiger partial charge is 0.504 e. The Hall–Kier alpha value is -1.75. The second-order valence-electron chi connectivity index (χ2n) is 4.69. The van der Waals surface area contributed by atoms with E-state index in [1.807, 2.05) is 6.92 Å². The van der Waals surface area contributed by atoms with E-state index in [2.05, 4.69) is 0 Å². The fourth-order valence-corrected chi connectivity index (χ4v) is 2.40. The number of nitrogens with zero attached hydrogens (tertiary/aromatic N) is 1. The molecule has 2 rings (SSSR count). The number of likely N-dealkylation sites (tertiary alicyclic amines) is 1. The molecular weight excluding hydrogens is 234 g/mol. The minimum absolute atomic E-state index is 0.0718. The Kier molecular flexibility index (Phi) is 3.43. The number of aliphatic hydroxyl groups excluding tert-OH is 1. The molecule has 0 aliphatic carbocycles. The maximum atomic E-state index is 12.3. The Morgan fingerprint density at radius 3 is 2.83 bits per heavy atom. The third-order valence-corrected chi connectivity index (χ3v) is 3.58. The zero-order chi connectivity index (χ0) is 13.3. The smallest absolute Gasteiger partial charge is 0.258 e. The summed E-state index contributed by atoms with van der Waals surface area (Å²) in [6.07, 6.45) is 0.830. The Bertz CT molecular complexity index is 460. The van der Waals surface area contributed by atoms with Crippen molar-refractivity contribution < 1.29 is 20.1 Å². The van der Waals surface area contributed by atoms with E-state index < -0.39 is 5.75 Å². The molecule has 0 radical (unpaired) electrons. The Labute approximate surface area is 105 Å². The van der Waals surface area contributed by atoms with Crippen LogP contribution in [0.25, 0.3) is 0 Å². The van der Waals surface area contributed by atoms with Gasteiger partial charge in [-0.05, 0) is 24.5 Å². The summed E-state index contributed by atoms with van der Waals surface area (Å²) >= 11 is 0. The van der Waals surface area contributed by atoms with Gasteiger partial charge in [-0.2, -0.15) is 0 Å². The average Bonchev–Trinajstić information content (AvgIpc) is 2.73. The standard InChI is InChI=1S/C13H17NO4/c1-8-5-6-14(10(8)7-15)13(18)9-3-2-4-11(16)12(9)17/h2-4,8,10,15-17H,5-7H2,1H3. The van der Waals surface area contributed by atoms with Crippen LogP contribution in [0.1, 0.15) is 23.7 Å². The van der Waals surface area contributed by atoms with Crippen LogP contribution in [-0.4, -0.2) is 45.3 Å². The fraction of sp³-hybridized carbons (Fsp3) is 0.462. The van der Waals surface area contributed by atoms with Crippen molar-refractivity contribution in [2.24, 2.45) is 5.92 Å². The molecule has 1 aromatic carbocycles. The van der Waals surface area contributed by atoms with Crippen LogP contribution in [0.4, 0.5) is 0 Å². The summed E-state index contributed by atoms with van der Waals surface area (Å²) in [6.45, 7) is 2.45. The maximum Gasteiger partial charge on any atom is 0.258 e. The summed E-state index contributed by atoms with van der Waals surface area (Å²) in [5.41, 5.74) is 0.0718. The topological polar surface area (TPSA) is 81.0 Å². The van der Waals surface area contributed by atoms with E-state index in [-0.39, 0.29) is 35.8 Å². The van der Waals surface area contributed by atoms with E-state index in [9.17, 15) is 20.1 Å². The molecule has 5 nitrogen and oxygen atoms in total. The van der Waals surface area contributed by atoms with Crippen LogP contribution in [0.2, 0.25) is 0 Å². The van der Waals surface area contributed by atoms with Gasteiger partial charge in [0.2, 0.25) is 0 Å². The van der Waals surface area contributed by atoms with Crippen molar-refractivity contribution in [2.45, 2.75) is 19.4 Å². The maximum absolute atomic E-state index is 12.3. The van der Waals surface area contributed by atoms with E-state index in [1.165, 1.54) is 18.2 Å². The van der Waals surface area contributed by atoms with Crippen LogP contribution < -0.4 is 0 Å². The first kappa shape index (κ1) is 12.7. The van der Waals surface area contributed by atoms with Gasteiger partial charge in [0.05, 0.1) is 18.2 Å². The number of aromatic hydroxyl groups is 2. The molecule has 3 N–H and O–H groups in total. The molecule has 98 valence electrons. The number of phenolic OH excluding ortho intramolecular Hbond substituents is 2. The lowest BCUT2D eigenvalue weighted by molar-refractivity contribution is 0.0644. The summed E-state index contributed by atoms with van der Waals surface area (Å²) in [5, 5.41) is 28.4. The van der Waals surface area contributed by atoms with E-state index >= 15 is 0 Å². The number of carbonyl (C=O) groups is 1. The number of phenols is 2. The van der Waals surface area contributed by atoms with E-state index in [1.54, 1.807) is 4.90 Å². The van der Waals surface area contributed by atoms with Crippen molar-refractivity contribution in [3.8, 4) is 11.5 Å². The van der Waals surface area contributed by atoms with Crippen LogP contribution in [0, 0.1) is 5.92 Å². The molecule has 0 spiro atoms. The van der Waals surface area contributed by atoms with Gasteiger partial charge < -0.3 is 20.2 Å². The number of para-hydroxylation sites is 1. The Morgan fingerprint density at radius 2 is 2.17 bits per heavy atom. The molecule has 2 atom stereocenters. The second-order valence-corrected chi connectivity index (χ2v) is 4.69. The van der Waals surface area contributed by atoms with Crippen LogP contribution in [-0.2, 0) is 0 Å². The molecule has 18 heavy (non-hydrogen) atoms. The fourth-order valence-electron chi connectivity index (χ4n) is 2.40. The predicted molar refractivity (Wildman–Crippen MR) is 65.5 cm³/mol. The van der Waals surface area contributed by atoms with Gasteiger partial charge in [0.25, 0.3) is 5.91 Å². The molecule has 1 aromatic rings. The molecule has 1 aliphatic rings. The molecule has 0 bridgehead atoms. The molecule has 1 aliphatic heterocycles. The van der Waals surface area contributed by atoms with Crippen molar-refractivity contribution in [3.05, 3.63) is 23.8 Å². The molecular formula is C13H17NO4. The number of rotatable bonds is 2. The van der Waals surface area contributed by atoms with Gasteiger partial charge in [-0.15, -0.1) is 0 Å². The number of benzene rings is 1. The number of carbonyl (C=O) groups excluding carboxylic acids is 1. The highest BCUT2D eigenvalue weighted by atomic mass is 16.3. The quantitative estimate of drug-likeness (QED) is 0.683. The molecule has 1 saturated heterocycles. The number of hydrogen-bond donors (Lipinski definition) is 3. The number of aliphatic hydroxyl groups is 1. The highest BCUT2D eigenvalue weighted by Gasteiger charge is 2.35. The first-order valence-corrected chi connectivity index (χ1v) is 5.99. The normalized spacial score (nSPS) is 23.3. The lowest BCUT2D eigenvalue weighted by Gasteiger charge is -2.25. The molecule has 5 heteroatoms. The van der Waals surface area contributed by atoms with Crippen molar-refractivity contribution >= 4 is 5.91 Å². The van der Waals surface area contributed by atoms with Crippen LogP contribution in [0.5, 0.6) is 11.5 Å². The number of amides is 1. The van der Waals surface area contributed by atoms with Crippen molar-refractivity contribution in [1.29, 1.82) is 0 Å². The number of hydrogen-bond acceptors (Lipinski definition) is 4. The van der Waals surface area contributed by atoms with Crippen LogP contribution in [0.3, 0.4) is 0 Å². The predicted octanol–water partition coefficient (Wildman–Crippen LogP) is 0.941. The van der Waals surface area contributed by atoms with Crippen molar-refractivity contribution in [1.82, 2.24) is 4.90 Å². The average molecular weight is 251 g/mol. The zero-order valence-electron chi connectivity index (χ0n) is 10.2. The van der Waals surface area contributed by atoms with Crippen LogP contribution in [0.15, 0.2) is 18.2 Å². The van der Waals surface area contributed by atoms with Crippen molar-refractivity contribution in [2.75, 3.05) is 13.2 Å². The van der Waals surface area contributed by atoms with Gasteiger partial charge >= 0.3 is 0 Å². The summed E-state index contributed by atoms with van der Waals surface area (Å²) < 4.78 is 0. The van der Waals surface area contributed by atoms with Gasteiger partial charge in [0.1, 0.15) is 0 Å². The third-order valence-electron chi connectivity index (χ3n) is 3.58. The molecule has 2 unspecified atom stereocenters. The third kappa shape index (κ3) is 2.01. The van der Waals surface area contributed by atoms with Gasteiger partial charge in [0, 0.05) is 6.54 Å². The minimum atomic E-state index is -0.404. The first-order valence-electron chi connectivity index (χ1n) is 5.99. The minimum Gasteiger partial charge on any atom is -0.504 e. The molecule has 1 heterocycles. The SMILES string of the molecule is CC1CCN(C(=O)c2cccc(O)c2O)C1CO. The summed E-state index contributed by atoms with van der Waals surface area (Å²) in [7, 11) is 0. The monoisotopic (exact) mass is 251 g/mol. The van der Waals surface area contributed by atoms with Gasteiger partial charge in [-0.3, -0.25) is 4.79 Å². The van der Waals surface area contributed by atoms with Gasteiger partial charge in [-0.1, -0.05) is 13.0 Å². The molecule has 1 fully saturated rings. The lowest BCUT2D eigenvalue weighted by atomic mass is 10.0. The Morgan fingerprint density at radius 1 is 1.44 bits per heavy atom. The second kappa shape index (κ2) is 4.86. The van der Waals surface area contributed by atoms with Gasteiger partial charge in [0.15, 0.2) is 11.5 Å². The van der Waals surface area contributed by atoms with E-state index in [0.717, 1.165) is 6.42 Å². The summed E-state index contributed by atoms with van der Waals surface area (Å²) in [4.78, 5) is 13.8. The lowest BCUT2D eigenvalue weighted by Crippen LogP contribution is -2.39. The van der Waals surface area contributed by atoms with E-state index in [4.69, 9.17) is 0 Å². The summed E-state index contributed by atoms with van der Waals surface area (Å²) in [6, 6.07) is 4.08. The van der Waals surface area contributed by atoms with Gasteiger partial charge in [-0.25, -0.2) is 0 Å². The zero-order valence-corrected chi connectivity index (χ0v) is 10.2. The highest BCUT2D eigenvalue weighted by molar-refractivity contribution is 5.98.